The number of benzene rings is 1. The Kier molecular flexibility index (Phi) is 4.27. The van der Waals surface area contributed by atoms with Gasteiger partial charge in [-0.15, -0.1) is 0 Å². The molecule has 0 aliphatic carbocycles. The summed E-state index contributed by atoms with van der Waals surface area (Å²) in [5.74, 6) is -1.34. The Bertz CT molecular complexity index is 521. The molecule has 1 aromatic carbocycles. The van der Waals surface area contributed by atoms with Crippen LogP contribution in [0.2, 0.25) is 0 Å². The number of carbonyl (C=O) groups is 2. The van der Waals surface area contributed by atoms with Gasteiger partial charge in [0.05, 0.1) is 0 Å². The lowest BCUT2D eigenvalue weighted by atomic mass is 9.92. The third kappa shape index (κ3) is 3.88. The molecule has 0 bridgehead atoms. The van der Waals surface area contributed by atoms with E-state index in [1.54, 1.807) is 20.8 Å². The summed E-state index contributed by atoms with van der Waals surface area (Å²) in [6, 6.07) is 5.71. The van der Waals surface area contributed by atoms with Gasteiger partial charge in [-0.1, -0.05) is 12.1 Å². The van der Waals surface area contributed by atoms with Crippen molar-refractivity contribution in [2.75, 3.05) is 0 Å². The predicted octanol–water partition coefficient (Wildman–Crippen LogP) is 2.22. The maximum atomic E-state index is 11.8. The molecule has 1 rings (SSSR count). The van der Waals surface area contributed by atoms with Crippen molar-refractivity contribution in [3.63, 3.8) is 0 Å². The Labute approximate surface area is 117 Å². The van der Waals surface area contributed by atoms with E-state index in [-0.39, 0.29) is 11.3 Å². The number of carboxylic acids is 1. The lowest BCUT2D eigenvalue weighted by molar-refractivity contribution is -0.144. The van der Waals surface area contributed by atoms with E-state index in [4.69, 9.17) is 4.74 Å². The van der Waals surface area contributed by atoms with Crippen LogP contribution in [0.5, 0.6) is 5.75 Å². The van der Waals surface area contributed by atoms with Crippen LogP contribution < -0.4 is 5.32 Å². The minimum Gasteiger partial charge on any atom is -0.508 e. The second kappa shape index (κ2) is 5.40. The van der Waals surface area contributed by atoms with Crippen molar-refractivity contribution in [1.82, 2.24) is 5.32 Å². The summed E-state index contributed by atoms with van der Waals surface area (Å²) in [6.45, 7) is 6.37. The van der Waals surface area contributed by atoms with E-state index in [2.05, 4.69) is 5.32 Å². The lowest BCUT2D eigenvalue weighted by Gasteiger charge is -2.28. The minimum atomic E-state index is -1.69. The summed E-state index contributed by atoms with van der Waals surface area (Å²) in [6.07, 6.45) is -0.842. The van der Waals surface area contributed by atoms with Crippen molar-refractivity contribution >= 4 is 12.1 Å². The van der Waals surface area contributed by atoms with Crippen LogP contribution in [-0.4, -0.2) is 27.9 Å². The summed E-state index contributed by atoms with van der Waals surface area (Å²) in [5, 5.41) is 21.1. The number of aliphatic carboxylic acids is 1. The molecule has 0 aliphatic heterocycles. The minimum absolute atomic E-state index is 0.0824. The Morgan fingerprint density at radius 1 is 1.20 bits per heavy atom. The largest absolute Gasteiger partial charge is 0.508 e. The first kappa shape index (κ1) is 15.8. The molecular formula is C14H19NO5. The molecular weight excluding hydrogens is 262 g/mol. The number of nitrogens with one attached hydrogen (secondary N) is 1. The summed E-state index contributed by atoms with van der Waals surface area (Å²) >= 11 is 0. The molecule has 1 unspecified atom stereocenters. The van der Waals surface area contributed by atoms with Crippen molar-refractivity contribution in [3.05, 3.63) is 29.8 Å². The first-order valence-electron chi connectivity index (χ1n) is 6.09. The van der Waals surface area contributed by atoms with Crippen LogP contribution in [0.3, 0.4) is 0 Å². The molecule has 110 valence electrons. The number of carboxylic acid groups (broad SMARTS) is 1. The summed E-state index contributed by atoms with van der Waals surface area (Å²) in [5.41, 5.74) is -2.18. The molecule has 1 aromatic rings. The number of hydrogen-bond donors (Lipinski definition) is 3. The highest BCUT2D eigenvalue weighted by molar-refractivity contribution is 5.85. The molecule has 0 aromatic heterocycles. The van der Waals surface area contributed by atoms with E-state index >= 15 is 0 Å². The third-order valence-electron chi connectivity index (χ3n) is 2.60. The van der Waals surface area contributed by atoms with Gasteiger partial charge in [0.25, 0.3) is 0 Å². The predicted molar refractivity (Wildman–Crippen MR) is 72.5 cm³/mol. The van der Waals surface area contributed by atoms with Crippen molar-refractivity contribution < 1.29 is 24.5 Å². The Morgan fingerprint density at radius 3 is 2.25 bits per heavy atom. The highest BCUT2D eigenvalue weighted by atomic mass is 16.6. The zero-order valence-corrected chi connectivity index (χ0v) is 11.9. The Balaban J connectivity index is 3.05. The molecule has 0 spiro atoms. The number of amides is 1. The van der Waals surface area contributed by atoms with Crippen LogP contribution in [-0.2, 0) is 15.1 Å². The molecule has 0 radical (unpaired) electrons. The van der Waals surface area contributed by atoms with Crippen LogP contribution in [0, 0.1) is 0 Å². The zero-order valence-electron chi connectivity index (χ0n) is 11.9. The Morgan fingerprint density at radius 2 is 1.80 bits per heavy atom. The molecule has 0 aliphatic rings. The molecule has 0 saturated carbocycles. The van der Waals surface area contributed by atoms with Gasteiger partial charge in [-0.05, 0) is 45.4 Å². The fourth-order valence-corrected chi connectivity index (χ4v) is 1.57. The van der Waals surface area contributed by atoms with Crippen LogP contribution in [0.15, 0.2) is 24.3 Å². The third-order valence-corrected chi connectivity index (χ3v) is 2.60. The van der Waals surface area contributed by atoms with Gasteiger partial charge in [0.2, 0.25) is 0 Å². The van der Waals surface area contributed by atoms with E-state index in [1.807, 2.05) is 0 Å². The molecule has 0 heterocycles. The Hall–Kier alpha value is -2.24. The number of alkyl carbamates (subject to hydrolysis) is 1. The summed E-state index contributed by atoms with van der Waals surface area (Å²) in [4.78, 5) is 23.3. The number of rotatable bonds is 3. The van der Waals surface area contributed by atoms with Gasteiger partial charge in [0.15, 0.2) is 5.54 Å². The molecule has 1 amide bonds. The van der Waals surface area contributed by atoms with Crippen molar-refractivity contribution in [1.29, 1.82) is 0 Å². The van der Waals surface area contributed by atoms with Gasteiger partial charge in [-0.25, -0.2) is 9.59 Å². The van der Waals surface area contributed by atoms with Crippen LogP contribution in [0.25, 0.3) is 0 Å². The molecule has 3 N–H and O–H groups in total. The molecule has 6 heteroatoms. The SMILES string of the molecule is CC(C)(C)OC(=O)NC(C)(C(=O)O)c1cccc(O)c1. The molecule has 6 nitrogen and oxygen atoms in total. The standard InChI is InChI=1S/C14H19NO5/c1-13(2,3)20-12(19)15-14(4,11(17)18)9-6-5-7-10(16)8-9/h5-8,16H,1-4H3,(H,15,19)(H,17,18). The number of hydrogen-bond acceptors (Lipinski definition) is 4. The maximum Gasteiger partial charge on any atom is 0.408 e. The summed E-state index contributed by atoms with van der Waals surface area (Å²) < 4.78 is 5.06. The molecule has 20 heavy (non-hydrogen) atoms. The van der Waals surface area contributed by atoms with Gasteiger partial charge in [0, 0.05) is 0 Å². The molecule has 1 atom stereocenters. The van der Waals surface area contributed by atoms with E-state index in [9.17, 15) is 19.8 Å². The second-order valence-electron chi connectivity index (χ2n) is 5.61. The van der Waals surface area contributed by atoms with E-state index in [0.29, 0.717) is 0 Å². The summed E-state index contributed by atoms with van der Waals surface area (Å²) in [7, 11) is 0. The number of aromatic hydroxyl groups is 1. The van der Waals surface area contributed by atoms with E-state index < -0.39 is 23.2 Å². The first-order chi connectivity index (χ1) is 9.04. The van der Waals surface area contributed by atoms with Gasteiger partial charge in [-0.3, -0.25) is 0 Å². The normalized spacial score (nSPS) is 14.2. The molecule has 0 saturated heterocycles. The molecule has 0 fully saturated rings. The average Bonchev–Trinajstić information content (AvgIpc) is 2.25. The smallest absolute Gasteiger partial charge is 0.408 e. The van der Waals surface area contributed by atoms with E-state index in [1.165, 1.54) is 31.2 Å². The maximum absolute atomic E-state index is 11.8. The fourth-order valence-electron chi connectivity index (χ4n) is 1.57. The van der Waals surface area contributed by atoms with Crippen molar-refractivity contribution in [3.8, 4) is 5.75 Å². The van der Waals surface area contributed by atoms with Crippen LogP contribution >= 0.6 is 0 Å². The number of ether oxygens (including phenoxy) is 1. The fraction of sp³-hybridized carbons (Fsp3) is 0.429. The van der Waals surface area contributed by atoms with Gasteiger partial charge >= 0.3 is 12.1 Å². The van der Waals surface area contributed by atoms with Gasteiger partial charge < -0.3 is 20.3 Å². The highest BCUT2D eigenvalue weighted by Gasteiger charge is 2.38. The van der Waals surface area contributed by atoms with E-state index in [0.717, 1.165) is 0 Å². The van der Waals surface area contributed by atoms with Crippen molar-refractivity contribution in [2.24, 2.45) is 0 Å². The lowest BCUT2D eigenvalue weighted by Crippen LogP contribution is -2.51. The highest BCUT2D eigenvalue weighted by Crippen LogP contribution is 2.25. The number of carbonyl (C=O) groups excluding carboxylic acids is 1. The van der Waals surface area contributed by atoms with Gasteiger partial charge in [0.1, 0.15) is 11.4 Å². The van der Waals surface area contributed by atoms with Gasteiger partial charge in [-0.2, -0.15) is 0 Å². The topological polar surface area (TPSA) is 95.9 Å². The quantitative estimate of drug-likeness (QED) is 0.789. The monoisotopic (exact) mass is 281 g/mol. The number of phenolic OH excluding ortho intramolecular Hbond substituents is 1. The number of phenols is 1. The van der Waals surface area contributed by atoms with Crippen LogP contribution in [0.1, 0.15) is 33.3 Å². The second-order valence-corrected chi connectivity index (χ2v) is 5.61. The van der Waals surface area contributed by atoms with Crippen LogP contribution in [0.4, 0.5) is 4.79 Å². The average molecular weight is 281 g/mol. The zero-order chi connectivity index (χ0) is 15.6. The van der Waals surface area contributed by atoms with Crippen molar-refractivity contribution in [2.45, 2.75) is 38.8 Å². The first-order valence-corrected chi connectivity index (χ1v) is 6.09.